The van der Waals surface area contributed by atoms with Crippen molar-refractivity contribution in [3.8, 4) is 0 Å². The van der Waals surface area contributed by atoms with Gasteiger partial charge in [0.1, 0.15) is 5.60 Å². The van der Waals surface area contributed by atoms with Crippen molar-refractivity contribution in [3.05, 3.63) is 83.5 Å². The third-order valence-corrected chi connectivity index (χ3v) is 12.3. The second-order valence-corrected chi connectivity index (χ2v) is 15.1. The van der Waals surface area contributed by atoms with Gasteiger partial charge in [0, 0.05) is 23.9 Å². The fraction of sp³-hybridized carbons (Fsp3) is 0.512. The molecule has 3 fully saturated rings. The van der Waals surface area contributed by atoms with Crippen molar-refractivity contribution in [1.29, 1.82) is 0 Å². The minimum Gasteiger partial charge on any atom is -0.478 e. The van der Waals surface area contributed by atoms with E-state index in [-0.39, 0.29) is 41.3 Å². The van der Waals surface area contributed by atoms with Gasteiger partial charge in [0.2, 0.25) is 5.78 Å². The first-order valence-electron chi connectivity index (χ1n) is 18.2. The molecule has 6 rings (SSSR count). The first-order chi connectivity index (χ1) is 24.8. The molecule has 8 atom stereocenters. The van der Waals surface area contributed by atoms with E-state index >= 15 is 0 Å². The van der Waals surface area contributed by atoms with Crippen molar-refractivity contribution >= 4 is 34.9 Å². The van der Waals surface area contributed by atoms with Crippen LogP contribution in [0.1, 0.15) is 81.6 Å². The molecular formula is C41H48N2O9. The van der Waals surface area contributed by atoms with Crippen molar-refractivity contribution in [2.75, 3.05) is 13.7 Å². The molecule has 0 spiro atoms. The number of hydrogen-bond donors (Lipinski definition) is 2. The number of aliphatic hydroxyl groups is 1. The van der Waals surface area contributed by atoms with Gasteiger partial charge in [-0.3, -0.25) is 14.4 Å². The van der Waals surface area contributed by atoms with Crippen molar-refractivity contribution < 1.29 is 43.6 Å². The van der Waals surface area contributed by atoms with Crippen LogP contribution in [-0.2, 0) is 35.0 Å². The molecule has 0 aliphatic heterocycles. The van der Waals surface area contributed by atoms with E-state index in [1.54, 1.807) is 55.7 Å². The monoisotopic (exact) mass is 712 g/mol. The average Bonchev–Trinajstić information content (AvgIpc) is 3.42. The Morgan fingerprint density at radius 1 is 1.04 bits per heavy atom. The number of esters is 1. The summed E-state index contributed by atoms with van der Waals surface area (Å²) < 4.78 is 18.2. The number of azo groups is 1. The van der Waals surface area contributed by atoms with Crippen LogP contribution < -0.4 is 0 Å². The molecule has 0 saturated heterocycles. The minimum atomic E-state index is -1.35. The molecule has 0 heterocycles. The Bertz CT molecular complexity index is 1800. The van der Waals surface area contributed by atoms with E-state index in [4.69, 9.17) is 19.3 Å². The number of carbonyl (C=O) groups is 4. The second kappa shape index (κ2) is 15.0. The fourth-order valence-corrected chi connectivity index (χ4v) is 9.73. The molecule has 4 aliphatic carbocycles. The largest absolute Gasteiger partial charge is 0.478 e. The molecule has 2 aromatic rings. The zero-order chi connectivity index (χ0) is 37.3. The zero-order valence-electron chi connectivity index (χ0n) is 30.2. The predicted octanol–water partition coefficient (Wildman–Crippen LogP) is 7.26. The number of aliphatic hydroxyl groups excluding tert-OH is 1. The third kappa shape index (κ3) is 6.81. The lowest BCUT2D eigenvalue weighted by Crippen LogP contribution is -2.63. The summed E-state index contributed by atoms with van der Waals surface area (Å²) in [5.41, 5.74) is 0.0691. The highest BCUT2D eigenvalue weighted by Crippen LogP contribution is 2.68. The SMILES string of the molecule is CCCC(OC)OC1(C(=O)COC(=O)Cc2ccccc2/N=N/c2ccc(C(=O)O)cc2)CCC2C3CCC4=CC(=O)C=CC4(C)C3C(O)CC21C. The number of hydrogen-bond acceptors (Lipinski definition) is 10. The summed E-state index contributed by atoms with van der Waals surface area (Å²) >= 11 is 0. The van der Waals surface area contributed by atoms with Crippen LogP contribution in [0.3, 0.4) is 0 Å². The van der Waals surface area contributed by atoms with Crippen LogP contribution in [0.2, 0.25) is 0 Å². The number of carboxylic acids is 1. The van der Waals surface area contributed by atoms with E-state index in [1.807, 2.05) is 19.9 Å². The first kappa shape index (κ1) is 37.4. The third-order valence-electron chi connectivity index (χ3n) is 12.3. The Morgan fingerprint density at radius 3 is 2.50 bits per heavy atom. The maximum Gasteiger partial charge on any atom is 0.335 e. The lowest BCUT2D eigenvalue weighted by atomic mass is 9.46. The Hall–Kier alpha value is -4.32. The smallest absolute Gasteiger partial charge is 0.335 e. The van der Waals surface area contributed by atoms with Gasteiger partial charge in [-0.05, 0) is 98.4 Å². The maximum absolute atomic E-state index is 14.6. The Labute approximate surface area is 304 Å². The van der Waals surface area contributed by atoms with Crippen LogP contribution in [0.4, 0.5) is 11.4 Å². The Kier molecular flexibility index (Phi) is 10.8. The van der Waals surface area contributed by atoms with Gasteiger partial charge in [0.15, 0.2) is 18.7 Å². The first-order valence-corrected chi connectivity index (χ1v) is 18.2. The molecule has 0 aromatic heterocycles. The number of benzene rings is 2. The number of nitrogens with zero attached hydrogens (tertiary/aromatic N) is 2. The van der Waals surface area contributed by atoms with Gasteiger partial charge >= 0.3 is 11.9 Å². The summed E-state index contributed by atoms with van der Waals surface area (Å²) in [4.78, 5) is 51.3. The number of Topliss-reactive ketones (excluding diaryl/α,β-unsaturated/α-hetero) is 1. The van der Waals surface area contributed by atoms with Crippen LogP contribution in [0, 0.1) is 28.6 Å². The van der Waals surface area contributed by atoms with Crippen LogP contribution in [-0.4, -0.2) is 65.4 Å². The van der Waals surface area contributed by atoms with E-state index in [9.17, 15) is 24.3 Å². The van der Waals surface area contributed by atoms with E-state index in [0.717, 1.165) is 24.8 Å². The van der Waals surface area contributed by atoms with Crippen molar-refractivity contribution in [2.45, 2.75) is 90.1 Å². The average molecular weight is 713 g/mol. The van der Waals surface area contributed by atoms with Crippen LogP contribution in [0.15, 0.2) is 82.6 Å². The number of rotatable bonds is 13. The molecule has 11 nitrogen and oxygen atoms in total. The number of carboxylic acid groups (broad SMARTS) is 1. The van der Waals surface area contributed by atoms with Crippen LogP contribution >= 0.6 is 0 Å². The molecule has 52 heavy (non-hydrogen) atoms. The topological polar surface area (TPSA) is 161 Å². The van der Waals surface area contributed by atoms with Crippen LogP contribution in [0.5, 0.6) is 0 Å². The highest BCUT2D eigenvalue weighted by Gasteiger charge is 2.69. The van der Waals surface area contributed by atoms with Crippen molar-refractivity contribution in [1.82, 2.24) is 0 Å². The minimum absolute atomic E-state index is 0.0197. The number of fused-ring (bicyclic) bond motifs is 5. The predicted molar refractivity (Wildman–Crippen MR) is 191 cm³/mol. The number of ether oxygens (including phenoxy) is 3. The van der Waals surface area contributed by atoms with Gasteiger partial charge in [-0.15, -0.1) is 0 Å². The molecule has 4 aliphatic rings. The molecule has 2 aromatic carbocycles. The quantitative estimate of drug-likeness (QED) is 0.124. The maximum atomic E-state index is 14.6. The summed E-state index contributed by atoms with van der Waals surface area (Å²) in [6.07, 6.45) is 8.10. The summed E-state index contributed by atoms with van der Waals surface area (Å²) in [5.74, 6) is -1.97. The van der Waals surface area contributed by atoms with Gasteiger partial charge < -0.3 is 24.4 Å². The molecule has 276 valence electrons. The molecule has 3 saturated carbocycles. The molecular weight excluding hydrogens is 664 g/mol. The number of carbonyl (C=O) groups excluding carboxylic acids is 3. The van der Waals surface area contributed by atoms with Crippen molar-refractivity contribution in [3.63, 3.8) is 0 Å². The molecule has 0 radical (unpaired) electrons. The molecule has 2 N–H and O–H groups in total. The molecule has 11 heteroatoms. The summed E-state index contributed by atoms with van der Waals surface area (Å²) in [6.45, 7) is 5.69. The van der Waals surface area contributed by atoms with Crippen LogP contribution in [0.25, 0.3) is 0 Å². The van der Waals surface area contributed by atoms with Gasteiger partial charge in [-0.1, -0.05) is 57.0 Å². The highest BCUT2D eigenvalue weighted by molar-refractivity contribution is 6.01. The number of methoxy groups -OCH3 is 1. The van der Waals surface area contributed by atoms with E-state index in [0.29, 0.717) is 42.6 Å². The van der Waals surface area contributed by atoms with Gasteiger partial charge in [0.05, 0.1) is 29.5 Å². The van der Waals surface area contributed by atoms with Gasteiger partial charge in [0.25, 0.3) is 0 Å². The zero-order valence-corrected chi connectivity index (χ0v) is 30.2. The number of aromatic carboxylic acids is 1. The fourth-order valence-electron chi connectivity index (χ4n) is 9.73. The Morgan fingerprint density at radius 2 is 1.79 bits per heavy atom. The number of allylic oxidation sites excluding steroid dienone is 4. The lowest BCUT2D eigenvalue weighted by molar-refractivity contribution is -0.248. The van der Waals surface area contributed by atoms with E-state index in [2.05, 4.69) is 17.2 Å². The molecule has 8 unspecified atom stereocenters. The summed E-state index contributed by atoms with van der Waals surface area (Å²) in [6, 6.07) is 12.9. The molecule has 0 bridgehead atoms. The standard InChI is InChI=1S/C41H48N2O9/c1-5-8-36(50-4)52-41(20-18-31-30-16-13-27-22-29(44)17-19-39(27,2)37(30)33(45)23-40(31,41)3)34(46)24-51-35(47)21-26-9-6-7-10-32(26)43-42-28-14-11-25(12-15-28)38(48)49/h6-7,9-12,14-15,17,19,22,30-31,33,36-37,45H,5,8,13,16,18,20-21,23-24H2,1-4H3,(H,48,49)/b43-42+. The summed E-state index contributed by atoms with van der Waals surface area (Å²) in [5, 5.41) is 29.6. The van der Waals surface area contributed by atoms with Gasteiger partial charge in [-0.25, -0.2) is 4.79 Å². The normalized spacial score (nSPS) is 31.3. The van der Waals surface area contributed by atoms with Gasteiger partial charge in [-0.2, -0.15) is 10.2 Å². The second-order valence-electron chi connectivity index (χ2n) is 15.1. The lowest BCUT2D eigenvalue weighted by Gasteiger charge is -2.60. The number of ketones is 2. The Balaban J connectivity index is 1.21. The van der Waals surface area contributed by atoms with E-state index in [1.165, 1.54) is 12.1 Å². The highest BCUT2D eigenvalue weighted by atomic mass is 16.7. The summed E-state index contributed by atoms with van der Waals surface area (Å²) in [7, 11) is 1.56. The van der Waals surface area contributed by atoms with E-state index < -0.39 is 47.4 Å². The molecule has 0 amide bonds. The van der Waals surface area contributed by atoms with Crippen molar-refractivity contribution in [2.24, 2.45) is 38.8 Å².